The second kappa shape index (κ2) is 4.17. The number of oxazole rings is 1. The molecule has 0 unspecified atom stereocenters. The summed E-state index contributed by atoms with van der Waals surface area (Å²) in [7, 11) is 1.99. The number of H-pyrrole nitrogens is 1. The molecule has 0 spiro atoms. The van der Waals surface area contributed by atoms with Crippen molar-refractivity contribution in [3.8, 4) is 0 Å². The molecule has 3 rings (SSSR count). The Morgan fingerprint density at radius 2 is 2.22 bits per heavy atom. The number of rotatable bonds is 5. The monoisotopic (exact) mass is 247 g/mol. The van der Waals surface area contributed by atoms with E-state index in [2.05, 4.69) is 15.6 Å². The molecule has 1 fully saturated rings. The fourth-order valence-electron chi connectivity index (χ4n) is 2.32. The quantitative estimate of drug-likeness (QED) is 0.749. The van der Waals surface area contributed by atoms with E-state index in [1.54, 1.807) is 0 Å². The van der Waals surface area contributed by atoms with Gasteiger partial charge in [0.05, 0.1) is 5.52 Å². The maximum atomic E-state index is 11.1. The van der Waals surface area contributed by atoms with Gasteiger partial charge in [0.15, 0.2) is 5.58 Å². The summed E-state index contributed by atoms with van der Waals surface area (Å²) in [5, 5.41) is 6.67. The molecule has 96 valence electrons. The lowest BCUT2D eigenvalue weighted by Gasteiger charge is -2.16. The fourth-order valence-corrected chi connectivity index (χ4v) is 2.32. The molecule has 1 aliphatic rings. The molecule has 2 aromatic rings. The largest absolute Gasteiger partial charge is 0.417 e. The van der Waals surface area contributed by atoms with Gasteiger partial charge in [-0.3, -0.25) is 4.98 Å². The van der Waals surface area contributed by atoms with Gasteiger partial charge in [-0.25, -0.2) is 4.79 Å². The number of hydrogen-bond acceptors (Lipinski definition) is 4. The lowest BCUT2D eigenvalue weighted by Crippen LogP contribution is -2.26. The summed E-state index contributed by atoms with van der Waals surface area (Å²) in [6.45, 7) is 2.01. The van der Waals surface area contributed by atoms with Gasteiger partial charge in [-0.05, 0) is 38.1 Å². The lowest BCUT2D eigenvalue weighted by molar-refractivity contribution is 0.507. The molecule has 0 aliphatic heterocycles. The van der Waals surface area contributed by atoms with E-state index in [1.165, 1.54) is 12.8 Å². The zero-order valence-electron chi connectivity index (χ0n) is 10.4. The maximum Gasteiger partial charge on any atom is 0.417 e. The van der Waals surface area contributed by atoms with Gasteiger partial charge in [0.25, 0.3) is 0 Å². The van der Waals surface area contributed by atoms with Crippen molar-refractivity contribution in [2.75, 3.05) is 25.5 Å². The SMILES string of the molecule is CNCC1(CNc2ccc3oc(=O)[nH]c3c2)CC1. The fraction of sp³-hybridized carbons (Fsp3) is 0.462. The zero-order chi connectivity index (χ0) is 12.6. The third kappa shape index (κ3) is 2.13. The Morgan fingerprint density at radius 1 is 1.39 bits per heavy atom. The van der Waals surface area contributed by atoms with Crippen LogP contribution in [-0.2, 0) is 0 Å². The molecule has 0 saturated heterocycles. The Kier molecular flexibility index (Phi) is 2.63. The van der Waals surface area contributed by atoms with Crippen LogP contribution in [0.5, 0.6) is 0 Å². The minimum absolute atomic E-state index is 0.406. The van der Waals surface area contributed by atoms with E-state index in [1.807, 2.05) is 25.2 Å². The highest BCUT2D eigenvalue weighted by molar-refractivity contribution is 5.76. The first-order valence-electron chi connectivity index (χ1n) is 6.22. The van der Waals surface area contributed by atoms with Crippen LogP contribution in [0.2, 0.25) is 0 Å². The Morgan fingerprint density at radius 3 is 2.94 bits per heavy atom. The molecule has 1 aromatic heterocycles. The third-order valence-corrected chi connectivity index (χ3v) is 3.60. The van der Waals surface area contributed by atoms with Crippen molar-refractivity contribution in [2.24, 2.45) is 5.41 Å². The molecule has 0 radical (unpaired) electrons. The van der Waals surface area contributed by atoms with Gasteiger partial charge in [0.1, 0.15) is 0 Å². The highest BCUT2D eigenvalue weighted by Crippen LogP contribution is 2.44. The van der Waals surface area contributed by atoms with Crippen molar-refractivity contribution in [3.63, 3.8) is 0 Å². The van der Waals surface area contributed by atoms with Gasteiger partial charge < -0.3 is 15.1 Å². The summed E-state index contributed by atoms with van der Waals surface area (Å²) < 4.78 is 4.97. The predicted molar refractivity (Wildman–Crippen MR) is 70.9 cm³/mol. The first-order chi connectivity index (χ1) is 8.71. The summed E-state index contributed by atoms with van der Waals surface area (Å²) in [6.07, 6.45) is 2.54. The highest BCUT2D eigenvalue weighted by atomic mass is 16.4. The average molecular weight is 247 g/mol. The number of fused-ring (bicyclic) bond motifs is 1. The van der Waals surface area contributed by atoms with Crippen molar-refractivity contribution < 1.29 is 4.42 Å². The molecule has 5 nitrogen and oxygen atoms in total. The van der Waals surface area contributed by atoms with Gasteiger partial charge in [-0.15, -0.1) is 0 Å². The van der Waals surface area contributed by atoms with Crippen LogP contribution in [-0.4, -0.2) is 25.1 Å². The highest BCUT2D eigenvalue weighted by Gasteiger charge is 2.41. The molecule has 1 saturated carbocycles. The van der Waals surface area contributed by atoms with Crippen molar-refractivity contribution >= 4 is 16.8 Å². The van der Waals surface area contributed by atoms with Crippen LogP contribution < -0.4 is 16.4 Å². The van der Waals surface area contributed by atoms with Crippen LogP contribution in [0.4, 0.5) is 5.69 Å². The van der Waals surface area contributed by atoms with Gasteiger partial charge in [-0.2, -0.15) is 0 Å². The summed E-state index contributed by atoms with van der Waals surface area (Å²) >= 11 is 0. The van der Waals surface area contributed by atoms with E-state index >= 15 is 0 Å². The lowest BCUT2D eigenvalue weighted by atomic mass is 10.1. The van der Waals surface area contributed by atoms with Gasteiger partial charge in [-0.1, -0.05) is 0 Å². The van der Waals surface area contributed by atoms with Crippen LogP contribution >= 0.6 is 0 Å². The molecule has 0 amide bonds. The minimum atomic E-state index is -0.406. The molecule has 18 heavy (non-hydrogen) atoms. The molecule has 3 N–H and O–H groups in total. The van der Waals surface area contributed by atoms with E-state index in [4.69, 9.17) is 4.42 Å². The van der Waals surface area contributed by atoms with E-state index in [9.17, 15) is 4.79 Å². The molecule has 1 aliphatic carbocycles. The first-order valence-corrected chi connectivity index (χ1v) is 6.22. The number of benzene rings is 1. The van der Waals surface area contributed by atoms with Crippen molar-refractivity contribution in [1.82, 2.24) is 10.3 Å². The Bertz CT molecular complexity index is 610. The molecule has 1 heterocycles. The zero-order valence-corrected chi connectivity index (χ0v) is 10.4. The number of aromatic nitrogens is 1. The van der Waals surface area contributed by atoms with Crippen LogP contribution in [0.3, 0.4) is 0 Å². The summed E-state index contributed by atoms with van der Waals surface area (Å²) in [5.74, 6) is -0.406. The second-order valence-electron chi connectivity index (χ2n) is 5.11. The third-order valence-electron chi connectivity index (χ3n) is 3.60. The Balaban J connectivity index is 1.73. The van der Waals surface area contributed by atoms with E-state index in [0.29, 0.717) is 11.0 Å². The predicted octanol–water partition coefficient (Wildman–Crippen LogP) is 1.53. The molecule has 5 heteroatoms. The van der Waals surface area contributed by atoms with Crippen molar-refractivity contribution in [3.05, 3.63) is 28.7 Å². The van der Waals surface area contributed by atoms with Gasteiger partial charge in [0.2, 0.25) is 0 Å². The van der Waals surface area contributed by atoms with E-state index in [-0.39, 0.29) is 0 Å². The van der Waals surface area contributed by atoms with Crippen LogP contribution in [0.25, 0.3) is 11.1 Å². The Labute approximate surface area is 105 Å². The van der Waals surface area contributed by atoms with Gasteiger partial charge >= 0.3 is 5.76 Å². The van der Waals surface area contributed by atoms with E-state index in [0.717, 1.165) is 24.3 Å². The van der Waals surface area contributed by atoms with Crippen molar-refractivity contribution in [1.29, 1.82) is 0 Å². The average Bonchev–Trinajstić information content (AvgIpc) is 3.00. The minimum Gasteiger partial charge on any atom is -0.408 e. The van der Waals surface area contributed by atoms with E-state index < -0.39 is 5.76 Å². The second-order valence-corrected chi connectivity index (χ2v) is 5.11. The molecular weight excluding hydrogens is 230 g/mol. The van der Waals surface area contributed by atoms with Crippen LogP contribution in [0.1, 0.15) is 12.8 Å². The number of hydrogen-bond donors (Lipinski definition) is 3. The van der Waals surface area contributed by atoms with Crippen LogP contribution in [0, 0.1) is 5.41 Å². The maximum absolute atomic E-state index is 11.1. The first kappa shape index (κ1) is 11.3. The summed E-state index contributed by atoms with van der Waals surface area (Å²) in [4.78, 5) is 13.7. The number of anilines is 1. The molecule has 1 aromatic carbocycles. The molecule has 0 atom stereocenters. The summed E-state index contributed by atoms with van der Waals surface area (Å²) in [5.41, 5.74) is 2.76. The number of nitrogens with one attached hydrogen (secondary N) is 3. The summed E-state index contributed by atoms with van der Waals surface area (Å²) in [6, 6.07) is 5.66. The smallest absolute Gasteiger partial charge is 0.408 e. The van der Waals surface area contributed by atoms with Gasteiger partial charge in [0, 0.05) is 24.2 Å². The van der Waals surface area contributed by atoms with Crippen LogP contribution in [0.15, 0.2) is 27.4 Å². The number of aromatic amines is 1. The Hall–Kier alpha value is -1.75. The molecular formula is C13H17N3O2. The normalized spacial score (nSPS) is 16.9. The topological polar surface area (TPSA) is 70.1 Å². The van der Waals surface area contributed by atoms with Crippen molar-refractivity contribution in [2.45, 2.75) is 12.8 Å². The molecule has 0 bridgehead atoms. The standard InChI is InChI=1S/C13H17N3O2/c1-14-7-13(4-5-13)8-15-9-2-3-11-10(6-9)16-12(17)18-11/h2-3,6,14-15H,4-5,7-8H2,1H3,(H,16,17).